The predicted molar refractivity (Wildman–Crippen MR) is 67.0 cm³/mol. The smallest absolute Gasteiger partial charge is 0.307 e. The lowest BCUT2D eigenvalue weighted by atomic mass is 10.4. The second kappa shape index (κ2) is 6.16. The number of carbonyl (C=O) groups is 1. The van der Waals surface area contributed by atoms with E-state index < -0.39 is 16.0 Å². The molecule has 108 valence electrons. The molecule has 0 amide bonds. The predicted octanol–water partition coefficient (Wildman–Crippen LogP) is 0.865. The Balaban J connectivity index is 2.81. The number of hydrogen-bond donors (Lipinski definition) is 0. The van der Waals surface area contributed by atoms with Crippen LogP contribution in [0.1, 0.15) is 24.8 Å². The molecule has 0 fully saturated rings. The quantitative estimate of drug-likeness (QED) is 0.722. The molecule has 8 heteroatoms. The molecule has 0 aliphatic rings. The summed E-state index contributed by atoms with van der Waals surface area (Å²) in [6.45, 7) is 5.11. The zero-order valence-corrected chi connectivity index (χ0v) is 12.3. The number of ether oxygens (including phenoxy) is 1. The van der Waals surface area contributed by atoms with Crippen molar-refractivity contribution in [2.75, 3.05) is 20.2 Å². The molecule has 0 aliphatic heterocycles. The molecule has 1 rings (SSSR count). The molecule has 0 radical (unpaired) electrons. The fourth-order valence-corrected chi connectivity index (χ4v) is 3.06. The molecule has 0 aliphatic carbocycles. The Kier molecular flexibility index (Phi) is 5.07. The Morgan fingerprint density at radius 1 is 1.42 bits per heavy atom. The highest BCUT2D eigenvalue weighted by Crippen LogP contribution is 2.22. The SMILES string of the molecule is CCOC(=O)CCN(C)S(=O)(=O)c1c(C)noc1C. The van der Waals surface area contributed by atoms with E-state index in [-0.39, 0.29) is 30.2 Å². The van der Waals surface area contributed by atoms with Gasteiger partial charge in [-0.2, -0.15) is 0 Å². The minimum Gasteiger partial charge on any atom is -0.466 e. The minimum atomic E-state index is -3.70. The number of esters is 1. The van der Waals surface area contributed by atoms with Crippen molar-refractivity contribution in [3.05, 3.63) is 11.5 Å². The van der Waals surface area contributed by atoms with Crippen LogP contribution in [0.3, 0.4) is 0 Å². The van der Waals surface area contributed by atoms with E-state index >= 15 is 0 Å². The van der Waals surface area contributed by atoms with Gasteiger partial charge in [-0.05, 0) is 20.8 Å². The fourth-order valence-electron chi connectivity index (χ4n) is 1.60. The number of hydrogen-bond acceptors (Lipinski definition) is 6. The molecule has 0 saturated carbocycles. The second-order valence-corrected chi connectivity index (χ2v) is 6.02. The number of aromatic nitrogens is 1. The Bertz CT molecular complexity index is 530. The molecule has 0 aromatic carbocycles. The van der Waals surface area contributed by atoms with E-state index in [1.165, 1.54) is 14.0 Å². The van der Waals surface area contributed by atoms with Crippen molar-refractivity contribution >= 4 is 16.0 Å². The number of carbonyl (C=O) groups excluding carboxylic acids is 1. The molecular weight excluding hydrogens is 272 g/mol. The Morgan fingerprint density at radius 2 is 2.05 bits per heavy atom. The van der Waals surface area contributed by atoms with Gasteiger partial charge in [-0.3, -0.25) is 4.79 Å². The summed E-state index contributed by atoms with van der Waals surface area (Å²) in [5.41, 5.74) is 0.306. The normalized spacial score (nSPS) is 11.8. The third-order valence-electron chi connectivity index (χ3n) is 2.57. The van der Waals surface area contributed by atoms with Crippen LogP contribution in [0.2, 0.25) is 0 Å². The number of rotatable bonds is 6. The van der Waals surface area contributed by atoms with Gasteiger partial charge < -0.3 is 9.26 Å². The largest absolute Gasteiger partial charge is 0.466 e. The van der Waals surface area contributed by atoms with Gasteiger partial charge >= 0.3 is 5.97 Å². The molecule has 0 saturated heterocycles. The summed E-state index contributed by atoms with van der Waals surface area (Å²) >= 11 is 0. The van der Waals surface area contributed by atoms with E-state index in [1.54, 1.807) is 13.8 Å². The lowest BCUT2D eigenvalue weighted by Crippen LogP contribution is -2.30. The zero-order chi connectivity index (χ0) is 14.6. The van der Waals surface area contributed by atoms with E-state index in [2.05, 4.69) is 5.16 Å². The first-order chi connectivity index (χ1) is 8.80. The Morgan fingerprint density at radius 3 is 2.53 bits per heavy atom. The third-order valence-corrected chi connectivity index (χ3v) is 4.67. The van der Waals surface area contributed by atoms with E-state index in [9.17, 15) is 13.2 Å². The van der Waals surface area contributed by atoms with Crippen molar-refractivity contribution < 1.29 is 22.5 Å². The van der Waals surface area contributed by atoms with Crippen molar-refractivity contribution in [1.29, 1.82) is 0 Å². The first-order valence-electron chi connectivity index (χ1n) is 5.85. The lowest BCUT2D eigenvalue weighted by Gasteiger charge is -2.16. The van der Waals surface area contributed by atoms with Crippen molar-refractivity contribution in [3.8, 4) is 0 Å². The molecule has 19 heavy (non-hydrogen) atoms. The average molecular weight is 290 g/mol. The Hall–Kier alpha value is -1.41. The van der Waals surface area contributed by atoms with Crippen LogP contribution in [-0.2, 0) is 19.6 Å². The maximum Gasteiger partial charge on any atom is 0.307 e. The van der Waals surface area contributed by atoms with Crippen LogP contribution in [-0.4, -0.2) is 44.0 Å². The molecule has 0 atom stereocenters. The molecule has 7 nitrogen and oxygen atoms in total. The number of nitrogens with zero attached hydrogens (tertiary/aromatic N) is 2. The summed E-state index contributed by atoms with van der Waals surface area (Å²) in [5.74, 6) is -0.191. The van der Waals surface area contributed by atoms with E-state index in [0.29, 0.717) is 5.69 Å². The molecule has 0 spiro atoms. The van der Waals surface area contributed by atoms with Gasteiger partial charge in [-0.15, -0.1) is 0 Å². The summed E-state index contributed by atoms with van der Waals surface area (Å²) in [6, 6.07) is 0. The van der Waals surface area contributed by atoms with E-state index in [1.807, 2.05) is 0 Å². The highest BCUT2D eigenvalue weighted by atomic mass is 32.2. The van der Waals surface area contributed by atoms with Gasteiger partial charge in [0.15, 0.2) is 5.76 Å². The highest BCUT2D eigenvalue weighted by Gasteiger charge is 2.28. The van der Waals surface area contributed by atoms with Gasteiger partial charge in [0.25, 0.3) is 0 Å². The summed E-state index contributed by atoms with van der Waals surface area (Å²) in [6.07, 6.45) is 0.00689. The zero-order valence-electron chi connectivity index (χ0n) is 11.5. The van der Waals surface area contributed by atoms with E-state index in [0.717, 1.165) is 4.31 Å². The topological polar surface area (TPSA) is 89.7 Å². The molecular formula is C11H18N2O5S. The van der Waals surface area contributed by atoms with Crippen LogP contribution in [0.25, 0.3) is 0 Å². The maximum absolute atomic E-state index is 12.3. The van der Waals surface area contributed by atoms with Gasteiger partial charge in [0.05, 0.1) is 13.0 Å². The molecule has 0 bridgehead atoms. The lowest BCUT2D eigenvalue weighted by molar-refractivity contribution is -0.143. The Labute approximate surface area is 112 Å². The first kappa shape index (κ1) is 15.6. The van der Waals surface area contributed by atoms with Crippen LogP contribution in [0.15, 0.2) is 9.42 Å². The first-order valence-corrected chi connectivity index (χ1v) is 7.29. The molecule has 0 unspecified atom stereocenters. The summed E-state index contributed by atoms with van der Waals surface area (Å²) in [7, 11) is -2.30. The second-order valence-electron chi connectivity index (χ2n) is 4.03. The van der Waals surface area contributed by atoms with Crippen LogP contribution >= 0.6 is 0 Å². The highest BCUT2D eigenvalue weighted by molar-refractivity contribution is 7.89. The van der Waals surface area contributed by atoms with Gasteiger partial charge in [0.2, 0.25) is 10.0 Å². The van der Waals surface area contributed by atoms with Crippen molar-refractivity contribution in [2.24, 2.45) is 0 Å². The number of aryl methyl sites for hydroxylation is 2. The van der Waals surface area contributed by atoms with Crippen molar-refractivity contribution in [1.82, 2.24) is 9.46 Å². The summed E-state index contributed by atoms with van der Waals surface area (Å²) < 4.78 is 35.3. The van der Waals surface area contributed by atoms with Crippen LogP contribution in [0, 0.1) is 13.8 Å². The average Bonchev–Trinajstić information content (AvgIpc) is 2.66. The number of sulfonamides is 1. The molecule has 1 aromatic heterocycles. The van der Waals surface area contributed by atoms with Gasteiger partial charge in [-0.1, -0.05) is 5.16 Å². The van der Waals surface area contributed by atoms with E-state index in [4.69, 9.17) is 9.26 Å². The van der Waals surface area contributed by atoms with Crippen molar-refractivity contribution in [2.45, 2.75) is 32.1 Å². The molecule has 1 aromatic rings. The maximum atomic E-state index is 12.3. The van der Waals surface area contributed by atoms with Gasteiger partial charge in [0, 0.05) is 13.6 Å². The monoisotopic (exact) mass is 290 g/mol. The van der Waals surface area contributed by atoms with Gasteiger partial charge in [-0.25, -0.2) is 12.7 Å². The third kappa shape index (κ3) is 3.54. The van der Waals surface area contributed by atoms with Crippen LogP contribution in [0.5, 0.6) is 0 Å². The molecule has 1 heterocycles. The molecule has 0 N–H and O–H groups in total. The summed E-state index contributed by atoms with van der Waals surface area (Å²) in [5, 5.41) is 3.62. The minimum absolute atomic E-state index is 0.00689. The van der Waals surface area contributed by atoms with Crippen LogP contribution < -0.4 is 0 Å². The van der Waals surface area contributed by atoms with Crippen molar-refractivity contribution in [3.63, 3.8) is 0 Å². The fraction of sp³-hybridized carbons (Fsp3) is 0.636. The summed E-state index contributed by atoms with van der Waals surface area (Å²) in [4.78, 5) is 11.3. The van der Waals surface area contributed by atoms with Crippen LogP contribution in [0.4, 0.5) is 0 Å². The van der Waals surface area contributed by atoms with Gasteiger partial charge in [0.1, 0.15) is 10.6 Å². The standard InChI is InChI=1S/C11H18N2O5S/c1-5-17-10(14)6-7-13(4)19(15,16)11-8(2)12-18-9(11)3/h5-7H2,1-4H3.